The number of nitrogens with one attached hydrogen (secondary N) is 1. The van der Waals surface area contributed by atoms with Gasteiger partial charge in [0.25, 0.3) is 9.05 Å². The number of amides is 1. The van der Waals surface area contributed by atoms with E-state index >= 15 is 0 Å². The number of nitrogens with zero attached hydrogens (tertiary/aromatic N) is 2. The Morgan fingerprint density at radius 2 is 1.81 bits per heavy atom. The Hall–Kier alpha value is -2.19. The van der Waals surface area contributed by atoms with Gasteiger partial charge in [-0.25, -0.2) is 23.2 Å². The number of hydrogen-bond acceptors (Lipinski definition) is 6. The van der Waals surface area contributed by atoms with E-state index in [-0.39, 0.29) is 17.5 Å². The number of anilines is 1. The summed E-state index contributed by atoms with van der Waals surface area (Å²) >= 11 is 0. The van der Waals surface area contributed by atoms with Crippen LogP contribution >= 0.6 is 10.7 Å². The highest BCUT2D eigenvalue weighted by atomic mass is 35.7. The minimum Gasteiger partial charge on any atom is -0.444 e. The first-order chi connectivity index (χ1) is 9.95. The third-order valence-electron chi connectivity index (χ3n) is 2.34. The largest absolute Gasteiger partial charge is 0.444 e. The van der Waals surface area contributed by atoms with Gasteiger partial charge in [-0.3, -0.25) is 5.32 Å². The van der Waals surface area contributed by atoms with Gasteiger partial charge in [0, 0.05) is 10.7 Å². The van der Waals surface area contributed by atoms with Crippen molar-refractivity contribution in [1.82, 2.24) is 9.97 Å². The first kappa shape index (κ1) is 15.2. The summed E-state index contributed by atoms with van der Waals surface area (Å²) in [4.78, 5) is 18.6. The fourth-order valence-corrected chi connectivity index (χ4v) is 1.95. The van der Waals surface area contributed by atoms with Gasteiger partial charge < -0.3 is 4.74 Å². The van der Waals surface area contributed by atoms with Gasteiger partial charge in [0.05, 0.1) is 12.4 Å². The third-order valence-corrected chi connectivity index (χ3v) is 3.64. The minimum absolute atomic E-state index is 0.0860. The Kier molecular flexibility index (Phi) is 4.71. The Balaban J connectivity index is 1.91. The standard InChI is InChI=1S/C12H10ClN3O4S/c13-21(18,19)10-6-14-11(15-7-10)16-12(17)20-8-9-4-2-1-3-5-9/h1-7H,8H2,(H,14,15,16,17). The Bertz CT molecular complexity index is 720. The van der Waals surface area contributed by atoms with Crippen molar-refractivity contribution in [3.63, 3.8) is 0 Å². The molecular weight excluding hydrogens is 318 g/mol. The fraction of sp³-hybridized carbons (Fsp3) is 0.0833. The van der Waals surface area contributed by atoms with Crippen molar-refractivity contribution in [2.45, 2.75) is 11.5 Å². The second kappa shape index (κ2) is 6.51. The lowest BCUT2D eigenvalue weighted by Crippen LogP contribution is -2.15. The topological polar surface area (TPSA) is 98.2 Å². The van der Waals surface area contributed by atoms with Crippen molar-refractivity contribution in [2.75, 3.05) is 5.32 Å². The SMILES string of the molecule is O=C(Nc1ncc(S(=O)(=O)Cl)cn1)OCc1ccccc1. The van der Waals surface area contributed by atoms with Gasteiger partial charge in [0.2, 0.25) is 5.95 Å². The molecule has 2 aromatic rings. The van der Waals surface area contributed by atoms with Gasteiger partial charge in [-0.1, -0.05) is 30.3 Å². The molecule has 1 N–H and O–H groups in total. The average molecular weight is 328 g/mol. The maximum Gasteiger partial charge on any atom is 0.414 e. The molecule has 21 heavy (non-hydrogen) atoms. The molecule has 110 valence electrons. The van der Waals surface area contributed by atoms with E-state index in [2.05, 4.69) is 15.3 Å². The smallest absolute Gasteiger partial charge is 0.414 e. The molecule has 0 saturated carbocycles. The summed E-state index contributed by atoms with van der Waals surface area (Å²) in [5.41, 5.74) is 0.831. The number of benzene rings is 1. The van der Waals surface area contributed by atoms with Crippen LogP contribution in [-0.2, 0) is 20.4 Å². The Labute approximate surface area is 125 Å². The van der Waals surface area contributed by atoms with Crippen LogP contribution in [0.3, 0.4) is 0 Å². The summed E-state index contributed by atoms with van der Waals surface area (Å²) in [6, 6.07) is 9.12. The Morgan fingerprint density at radius 3 is 2.38 bits per heavy atom. The predicted molar refractivity (Wildman–Crippen MR) is 75.3 cm³/mol. The highest BCUT2D eigenvalue weighted by Gasteiger charge is 2.12. The van der Waals surface area contributed by atoms with Gasteiger partial charge in [-0.05, 0) is 5.56 Å². The molecule has 0 spiro atoms. The molecule has 2 rings (SSSR count). The van der Waals surface area contributed by atoms with E-state index in [1.165, 1.54) is 0 Å². The lowest BCUT2D eigenvalue weighted by atomic mass is 10.2. The maximum absolute atomic E-state index is 11.5. The second-order valence-corrected chi connectivity index (χ2v) is 6.43. The molecule has 1 aromatic heterocycles. The van der Waals surface area contributed by atoms with Gasteiger partial charge in [0.15, 0.2) is 0 Å². The van der Waals surface area contributed by atoms with Crippen molar-refractivity contribution < 1.29 is 17.9 Å². The highest BCUT2D eigenvalue weighted by Crippen LogP contribution is 2.12. The molecular formula is C12H10ClN3O4S. The van der Waals surface area contributed by atoms with E-state index in [0.29, 0.717) is 0 Å². The molecule has 0 aliphatic rings. The number of carbonyl (C=O) groups is 1. The van der Waals surface area contributed by atoms with Crippen LogP contribution in [0, 0.1) is 0 Å². The van der Waals surface area contributed by atoms with E-state index in [4.69, 9.17) is 15.4 Å². The molecule has 0 atom stereocenters. The molecule has 0 fully saturated rings. The Morgan fingerprint density at radius 1 is 1.19 bits per heavy atom. The quantitative estimate of drug-likeness (QED) is 0.864. The molecule has 1 heterocycles. The summed E-state index contributed by atoms with van der Waals surface area (Å²) in [7, 11) is 1.22. The summed E-state index contributed by atoms with van der Waals surface area (Å²) in [5, 5.41) is 2.27. The van der Waals surface area contributed by atoms with Crippen LogP contribution in [0.15, 0.2) is 47.6 Å². The van der Waals surface area contributed by atoms with Crippen molar-refractivity contribution in [3.05, 3.63) is 48.3 Å². The van der Waals surface area contributed by atoms with Crippen LogP contribution < -0.4 is 5.32 Å². The molecule has 0 aliphatic carbocycles. The van der Waals surface area contributed by atoms with Crippen LogP contribution in [0.4, 0.5) is 10.7 Å². The van der Waals surface area contributed by atoms with Gasteiger partial charge >= 0.3 is 6.09 Å². The summed E-state index contributed by atoms with van der Waals surface area (Å²) < 4.78 is 27.0. The summed E-state index contributed by atoms with van der Waals surface area (Å²) in [6.45, 7) is 0.0980. The number of hydrogen-bond donors (Lipinski definition) is 1. The van der Waals surface area contributed by atoms with Crippen molar-refractivity contribution in [2.24, 2.45) is 0 Å². The molecule has 1 aromatic carbocycles. The minimum atomic E-state index is -3.89. The summed E-state index contributed by atoms with van der Waals surface area (Å²) in [5.74, 6) is -0.0860. The third kappa shape index (κ3) is 4.69. The molecule has 0 unspecified atom stereocenters. The van der Waals surface area contributed by atoms with Crippen molar-refractivity contribution >= 4 is 31.8 Å². The molecule has 0 bridgehead atoms. The van der Waals surface area contributed by atoms with Gasteiger partial charge in [-0.15, -0.1) is 0 Å². The lowest BCUT2D eigenvalue weighted by molar-refractivity contribution is 0.155. The molecule has 0 aliphatic heterocycles. The van der Waals surface area contributed by atoms with E-state index in [0.717, 1.165) is 18.0 Å². The number of rotatable bonds is 4. The molecule has 7 nitrogen and oxygen atoms in total. The first-order valence-corrected chi connectivity index (χ1v) is 8.00. The van der Waals surface area contributed by atoms with Crippen molar-refractivity contribution in [3.8, 4) is 0 Å². The van der Waals surface area contributed by atoms with E-state index < -0.39 is 15.1 Å². The van der Waals surface area contributed by atoms with Crippen LogP contribution in [-0.4, -0.2) is 24.5 Å². The highest BCUT2D eigenvalue weighted by molar-refractivity contribution is 8.13. The average Bonchev–Trinajstić information content (AvgIpc) is 2.46. The lowest BCUT2D eigenvalue weighted by Gasteiger charge is -2.05. The van der Waals surface area contributed by atoms with E-state index in [9.17, 15) is 13.2 Å². The van der Waals surface area contributed by atoms with Crippen LogP contribution in [0.2, 0.25) is 0 Å². The van der Waals surface area contributed by atoms with Crippen LogP contribution in [0.1, 0.15) is 5.56 Å². The zero-order chi connectivity index (χ0) is 15.3. The number of halogens is 1. The normalized spacial score (nSPS) is 10.9. The molecule has 9 heteroatoms. The van der Waals surface area contributed by atoms with E-state index in [1.54, 1.807) is 0 Å². The zero-order valence-electron chi connectivity index (χ0n) is 10.6. The zero-order valence-corrected chi connectivity index (χ0v) is 12.1. The van der Waals surface area contributed by atoms with Crippen LogP contribution in [0.25, 0.3) is 0 Å². The van der Waals surface area contributed by atoms with Gasteiger partial charge in [-0.2, -0.15) is 0 Å². The number of aromatic nitrogens is 2. The second-order valence-electron chi connectivity index (χ2n) is 3.87. The van der Waals surface area contributed by atoms with Gasteiger partial charge in [0.1, 0.15) is 11.5 Å². The van der Waals surface area contributed by atoms with Crippen LogP contribution in [0.5, 0.6) is 0 Å². The maximum atomic E-state index is 11.5. The molecule has 1 amide bonds. The van der Waals surface area contributed by atoms with Crippen molar-refractivity contribution in [1.29, 1.82) is 0 Å². The molecule has 0 radical (unpaired) electrons. The monoisotopic (exact) mass is 327 g/mol. The molecule has 0 saturated heterocycles. The number of carbonyl (C=O) groups excluding carboxylic acids is 1. The number of ether oxygens (including phenoxy) is 1. The van der Waals surface area contributed by atoms with E-state index in [1.807, 2.05) is 30.3 Å². The first-order valence-electron chi connectivity index (χ1n) is 5.69. The summed E-state index contributed by atoms with van der Waals surface area (Å²) in [6.07, 6.45) is 1.23. The predicted octanol–water partition coefficient (Wildman–Crippen LogP) is 2.15. The fourth-order valence-electron chi connectivity index (χ4n) is 1.36.